The van der Waals surface area contributed by atoms with Gasteiger partial charge in [-0.05, 0) is 78.0 Å². The monoisotopic (exact) mass is 481 g/mol. The first-order valence-electron chi connectivity index (χ1n) is 12.1. The second kappa shape index (κ2) is 8.77. The highest BCUT2D eigenvalue weighted by molar-refractivity contribution is 5.91. The van der Waals surface area contributed by atoms with Crippen molar-refractivity contribution in [2.75, 3.05) is 18.0 Å². The Bertz CT molecular complexity index is 1110. The Hall–Kier alpha value is -3.23. The van der Waals surface area contributed by atoms with Crippen LogP contribution in [0.25, 0.3) is 11.4 Å². The van der Waals surface area contributed by atoms with Crippen LogP contribution in [-0.2, 0) is 15.9 Å². The van der Waals surface area contributed by atoms with E-state index in [2.05, 4.69) is 16.9 Å². The van der Waals surface area contributed by atoms with Gasteiger partial charge in [0.05, 0.1) is 5.54 Å². The maximum absolute atomic E-state index is 13.6. The van der Waals surface area contributed by atoms with Crippen LogP contribution in [-0.4, -0.2) is 61.9 Å². The van der Waals surface area contributed by atoms with Gasteiger partial charge in [-0.15, -0.1) is 0 Å². The summed E-state index contributed by atoms with van der Waals surface area (Å²) in [6, 6.07) is 3.76. The molecule has 0 bridgehead atoms. The van der Waals surface area contributed by atoms with Crippen molar-refractivity contribution in [2.45, 2.75) is 78.0 Å². The normalized spacial score (nSPS) is 22.2. The molecule has 4 rings (SSSR count). The predicted molar refractivity (Wildman–Crippen MR) is 132 cm³/mol. The Kier molecular flexibility index (Phi) is 6.23. The van der Waals surface area contributed by atoms with E-state index in [9.17, 15) is 9.59 Å². The molecule has 2 aliphatic rings. The molecule has 4 heterocycles. The minimum atomic E-state index is -0.680. The van der Waals surface area contributed by atoms with E-state index in [-0.39, 0.29) is 12.0 Å². The van der Waals surface area contributed by atoms with E-state index < -0.39 is 22.8 Å². The van der Waals surface area contributed by atoms with Crippen LogP contribution in [0, 0.1) is 5.92 Å². The second-order valence-corrected chi connectivity index (χ2v) is 11.5. The number of nitrogens with zero attached hydrogens (tertiary/aromatic N) is 5. The van der Waals surface area contributed by atoms with Crippen molar-refractivity contribution < 1.29 is 19.1 Å². The lowest BCUT2D eigenvalue weighted by Gasteiger charge is -2.48. The second-order valence-electron chi connectivity index (χ2n) is 11.5. The molecule has 188 valence electrons. The third-order valence-corrected chi connectivity index (χ3v) is 6.37. The molecule has 0 aliphatic carbocycles. The molecule has 1 fully saturated rings. The van der Waals surface area contributed by atoms with E-state index in [0.29, 0.717) is 37.6 Å². The first kappa shape index (κ1) is 24.9. The molecule has 0 radical (unpaired) electrons. The van der Waals surface area contributed by atoms with E-state index >= 15 is 0 Å². The number of hydrogen-bond donors (Lipinski definition) is 0. The molecular weight excluding hydrogens is 446 g/mol. The fourth-order valence-electron chi connectivity index (χ4n) is 4.84. The fourth-order valence-corrected chi connectivity index (χ4v) is 4.84. The number of anilines is 1. The Morgan fingerprint density at radius 3 is 2.26 bits per heavy atom. The molecule has 35 heavy (non-hydrogen) atoms. The summed E-state index contributed by atoms with van der Waals surface area (Å²) >= 11 is 0. The first-order valence-corrected chi connectivity index (χ1v) is 12.1. The molecule has 0 saturated carbocycles. The van der Waals surface area contributed by atoms with E-state index in [1.54, 1.807) is 34.5 Å². The predicted octanol–water partition coefficient (Wildman–Crippen LogP) is 4.85. The van der Waals surface area contributed by atoms with E-state index in [1.807, 2.05) is 47.6 Å². The highest BCUT2D eigenvalue weighted by atomic mass is 16.6. The van der Waals surface area contributed by atoms with Gasteiger partial charge in [-0.2, -0.15) is 0 Å². The van der Waals surface area contributed by atoms with Crippen molar-refractivity contribution in [3.8, 4) is 11.4 Å². The number of hydrogen-bond acceptors (Lipinski definition) is 7. The van der Waals surface area contributed by atoms with Crippen LogP contribution in [0.2, 0.25) is 0 Å². The zero-order valence-corrected chi connectivity index (χ0v) is 21.7. The Labute approximate surface area is 206 Å². The van der Waals surface area contributed by atoms with Gasteiger partial charge in [0.1, 0.15) is 17.0 Å². The molecule has 2 aromatic heterocycles. The molecule has 0 N–H and O–H groups in total. The van der Waals surface area contributed by atoms with Crippen molar-refractivity contribution in [3.05, 3.63) is 36.3 Å². The molecular formula is C26H35N5O4. The lowest BCUT2D eigenvalue weighted by Crippen LogP contribution is -2.62. The standard InChI is InChI=1S/C26H35N5O4/c1-17-13-18-14-19(20-27-10-8-11-28-20)15-29-21(18)31(23(33)35-25(5,6)7)26(17)9-12-30(16-26)22(32)34-24(2,3)4/h8,10-11,14-15,17H,9,12-13,16H2,1-7H3. The summed E-state index contributed by atoms with van der Waals surface area (Å²) in [6.45, 7) is 14.0. The zero-order chi connectivity index (χ0) is 25.6. The Balaban J connectivity index is 1.74. The van der Waals surface area contributed by atoms with Crippen LogP contribution in [0.15, 0.2) is 30.7 Å². The number of likely N-dealkylation sites (tertiary alicyclic amines) is 1. The highest BCUT2D eigenvalue weighted by Gasteiger charge is 2.55. The maximum atomic E-state index is 13.6. The average Bonchev–Trinajstić information content (AvgIpc) is 3.19. The molecule has 0 aromatic carbocycles. The summed E-state index contributed by atoms with van der Waals surface area (Å²) in [5.41, 5.74) is -0.210. The van der Waals surface area contributed by atoms with Gasteiger partial charge in [0.15, 0.2) is 5.82 Å². The smallest absolute Gasteiger partial charge is 0.416 e. The minimum absolute atomic E-state index is 0.0451. The topological polar surface area (TPSA) is 97.8 Å². The lowest BCUT2D eigenvalue weighted by atomic mass is 9.75. The molecule has 2 atom stereocenters. The van der Waals surface area contributed by atoms with Gasteiger partial charge in [0.25, 0.3) is 0 Å². The molecule has 2 amide bonds. The zero-order valence-electron chi connectivity index (χ0n) is 21.7. The van der Waals surface area contributed by atoms with Crippen molar-refractivity contribution in [1.82, 2.24) is 19.9 Å². The molecule has 9 nitrogen and oxygen atoms in total. The quantitative estimate of drug-likeness (QED) is 0.574. The van der Waals surface area contributed by atoms with Crippen LogP contribution in [0.4, 0.5) is 15.4 Å². The van der Waals surface area contributed by atoms with E-state index in [1.165, 1.54) is 0 Å². The number of rotatable bonds is 1. The van der Waals surface area contributed by atoms with Gasteiger partial charge in [0.2, 0.25) is 0 Å². The Morgan fingerprint density at radius 1 is 1.00 bits per heavy atom. The van der Waals surface area contributed by atoms with Gasteiger partial charge in [-0.1, -0.05) is 6.92 Å². The summed E-state index contributed by atoms with van der Waals surface area (Å²) in [6.07, 6.45) is 5.54. The SMILES string of the molecule is CC1Cc2cc(-c3ncccn3)cnc2N(C(=O)OC(C)(C)C)C12CCN(C(=O)OC(C)(C)C)C2. The number of ether oxygens (including phenoxy) is 2. The van der Waals surface area contributed by atoms with Crippen LogP contribution in [0.3, 0.4) is 0 Å². The van der Waals surface area contributed by atoms with Gasteiger partial charge in [0, 0.05) is 37.2 Å². The molecule has 1 saturated heterocycles. The van der Waals surface area contributed by atoms with Crippen molar-refractivity contribution in [1.29, 1.82) is 0 Å². The van der Waals surface area contributed by atoms with Crippen LogP contribution in [0.5, 0.6) is 0 Å². The summed E-state index contributed by atoms with van der Waals surface area (Å²) in [7, 11) is 0. The summed E-state index contributed by atoms with van der Waals surface area (Å²) in [4.78, 5) is 43.3. The number of aromatic nitrogens is 3. The number of amides is 2. The van der Waals surface area contributed by atoms with E-state index in [4.69, 9.17) is 14.5 Å². The Morgan fingerprint density at radius 2 is 1.63 bits per heavy atom. The van der Waals surface area contributed by atoms with Crippen LogP contribution in [0.1, 0.15) is 60.5 Å². The maximum Gasteiger partial charge on any atom is 0.416 e. The molecule has 1 spiro atoms. The number of pyridine rings is 1. The van der Waals surface area contributed by atoms with Gasteiger partial charge in [-0.3, -0.25) is 4.90 Å². The van der Waals surface area contributed by atoms with Crippen LogP contribution >= 0.6 is 0 Å². The lowest BCUT2D eigenvalue weighted by molar-refractivity contribution is 0.0261. The molecule has 2 aromatic rings. The number of fused-ring (bicyclic) bond motifs is 1. The third-order valence-electron chi connectivity index (χ3n) is 6.37. The number of carbonyl (C=O) groups excluding carboxylic acids is 2. The van der Waals surface area contributed by atoms with Crippen molar-refractivity contribution in [3.63, 3.8) is 0 Å². The minimum Gasteiger partial charge on any atom is -0.444 e. The highest BCUT2D eigenvalue weighted by Crippen LogP contribution is 2.46. The molecule has 9 heteroatoms. The van der Waals surface area contributed by atoms with Gasteiger partial charge in [-0.25, -0.2) is 24.5 Å². The summed E-state index contributed by atoms with van der Waals surface area (Å²) in [5, 5.41) is 0. The number of carbonyl (C=O) groups is 2. The average molecular weight is 482 g/mol. The largest absolute Gasteiger partial charge is 0.444 e. The molecule has 2 unspecified atom stereocenters. The summed E-state index contributed by atoms with van der Waals surface area (Å²) < 4.78 is 11.5. The van der Waals surface area contributed by atoms with Crippen LogP contribution < -0.4 is 4.90 Å². The van der Waals surface area contributed by atoms with Gasteiger partial charge < -0.3 is 14.4 Å². The van der Waals surface area contributed by atoms with E-state index in [0.717, 1.165) is 11.1 Å². The molecule has 2 aliphatic heterocycles. The van der Waals surface area contributed by atoms with Crippen molar-refractivity contribution in [2.24, 2.45) is 5.92 Å². The third kappa shape index (κ3) is 5.09. The summed E-state index contributed by atoms with van der Waals surface area (Å²) in [5.74, 6) is 1.18. The van der Waals surface area contributed by atoms with Gasteiger partial charge >= 0.3 is 12.2 Å². The first-order chi connectivity index (χ1) is 16.3. The fraction of sp³-hybridized carbons (Fsp3) is 0.577. The van der Waals surface area contributed by atoms with Crippen molar-refractivity contribution >= 4 is 18.0 Å².